The van der Waals surface area contributed by atoms with E-state index in [1.54, 1.807) is 27.2 Å². The van der Waals surface area contributed by atoms with Crippen molar-refractivity contribution < 1.29 is 0 Å². The van der Waals surface area contributed by atoms with E-state index in [0.29, 0.717) is 34.1 Å². The lowest BCUT2D eigenvalue weighted by atomic mass is 10.1. The van der Waals surface area contributed by atoms with Crippen LogP contribution in [0.5, 0.6) is 0 Å². The van der Waals surface area contributed by atoms with Crippen LogP contribution in [0.1, 0.15) is 5.56 Å². The molecule has 0 spiro atoms. The van der Waals surface area contributed by atoms with Crippen LogP contribution in [0.3, 0.4) is 0 Å². The van der Waals surface area contributed by atoms with Crippen LogP contribution in [0.15, 0.2) is 82.4 Å². The van der Waals surface area contributed by atoms with Gasteiger partial charge in [-0.05, 0) is 49.0 Å². The van der Waals surface area contributed by atoms with Gasteiger partial charge in [0, 0.05) is 31.9 Å². The van der Waals surface area contributed by atoms with Crippen molar-refractivity contribution in [3.8, 4) is 0 Å². The minimum absolute atomic E-state index is 0. The van der Waals surface area contributed by atoms with Crippen molar-refractivity contribution in [2.75, 3.05) is 38.1 Å². The fraction of sp³-hybridized carbons (Fsp3) is 0.222. The molecule has 0 N–H and O–H groups in total. The van der Waals surface area contributed by atoms with Crippen molar-refractivity contribution in [3.05, 3.63) is 99.1 Å². The van der Waals surface area contributed by atoms with Crippen molar-refractivity contribution >= 4 is 45.7 Å². The molecular weight excluding hydrogens is 462 g/mol. The first-order chi connectivity index (χ1) is 16.6. The maximum atomic E-state index is 13.5. The molecule has 0 radical (unpaired) electrons. The Morgan fingerprint density at radius 3 is 2.17 bits per heavy atom. The molecule has 1 saturated heterocycles. The second-order valence-corrected chi connectivity index (χ2v) is 8.93. The Morgan fingerprint density at radius 2 is 1.43 bits per heavy atom. The van der Waals surface area contributed by atoms with Gasteiger partial charge in [-0.1, -0.05) is 36.4 Å². The summed E-state index contributed by atoms with van der Waals surface area (Å²) in [7, 11) is 2.15. The number of fused-ring (bicyclic) bond motifs is 4. The van der Waals surface area contributed by atoms with Crippen LogP contribution >= 0.6 is 12.4 Å². The first-order valence-corrected chi connectivity index (χ1v) is 11.6. The van der Waals surface area contributed by atoms with Crippen LogP contribution in [-0.4, -0.2) is 52.1 Å². The van der Waals surface area contributed by atoms with Gasteiger partial charge in [0.2, 0.25) is 5.78 Å². The second kappa shape index (κ2) is 9.17. The Balaban J connectivity index is 0.00000253. The summed E-state index contributed by atoms with van der Waals surface area (Å²) in [6.45, 7) is 4.44. The quantitative estimate of drug-likeness (QED) is 0.288. The van der Waals surface area contributed by atoms with Crippen molar-refractivity contribution in [2.45, 2.75) is 6.54 Å². The first kappa shape index (κ1) is 23.1. The van der Waals surface area contributed by atoms with Gasteiger partial charge >= 0.3 is 0 Å². The number of aromatic nitrogens is 3. The molecule has 1 aliphatic heterocycles. The molecule has 1 fully saturated rings. The fourth-order valence-corrected chi connectivity index (χ4v) is 4.81. The number of benzene rings is 3. The van der Waals surface area contributed by atoms with E-state index in [1.165, 1.54) is 5.69 Å². The summed E-state index contributed by atoms with van der Waals surface area (Å²) in [4.78, 5) is 36.5. The average molecular weight is 488 g/mol. The van der Waals surface area contributed by atoms with E-state index >= 15 is 0 Å². The summed E-state index contributed by atoms with van der Waals surface area (Å²) >= 11 is 0. The third-order valence-electron chi connectivity index (χ3n) is 6.77. The Bertz CT molecular complexity index is 1650. The zero-order chi connectivity index (χ0) is 23.2. The summed E-state index contributed by atoms with van der Waals surface area (Å²) in [5, 5.41) is 1.04. The van der Waals surface area contributed by atoms with Gasteiger partial charge in [-0.15, -0.1) is 12.4 Å². The number of hydrogen-bond acceptors (Lipinski definition) is 5. The molecule has 7 nitrogen and oxygen atoms in total. The number of nitrogens with zero attached hydrogens (tertiary/aromatic N) is 5. The van der Waals surface area contributed by atoms with Gasteiger partial charge in [0.25, 0.3) is 11.1 Å². The second-order valence-electron chi connectivity index (χ2n) is 8.93. The SMILES string of the molecule is CN1CCN(c2ccc(Cn3c(=O)c4ccccc4n4c(=O)c5ccccc5nc34)cc2)CC1.Cl. The molecule has 0 unspecified atom stereocenters. The van der Waals surface area contributed by atoms with Crippen molar-refractivity contribution in [1.82, 2.24) is 18.9 Å². The summed E-state index contributed by atoms with van der Waals surface area (Å²) < 4.78 is 3.18. The molecule has 8 heteroatoms. The monoisotopic (exact) mass is 487 g/mol. The number of likely N-dealkylation sites (N-methyl/N-ethyl adjacent to an activating group) is 1. The molecule has 3 aromatic carbocycles. The average Bonchev–Trinajstić information content (AvgIpc) is 2.87. The highest BCUT2D eigenvalue weighted by atomic mass is 35.5. The van der Waals surface area contributed by atoms with E-state index in [1.807, 2.05) is 30.3 Å². The zero-order valence-corrected chi connectivity index (χ0v) is 20.2. The molecular formula is C27H26ClN5O2. The van der Waals surface area contributed by atoms with Gasteiger partial charge in [-0.3, -0.25) is 14.2 Å². The van der Waals surface area contributed by atoms with E-state index in [0.717, 1.165) is 31.7 Å². The van der Waals surface area contributed by atoms with E-state index in [4.69, 9.17) is 4.98 Å². The van der Waals surface area contributed by atoms with Gasteiger partial charge in [0.15, 0.2) is 0 Å². The minimum Gasteiger partial charge on any atom is -0.369 e. The summed E-state index contributed by atoms with van der Waals surface area (Å²) in [5.41, 5.74) is 3.01. The van der Waals surface area contributed by atoms with Gasteiger partial charge in [0.05, 0.1) is 28.4 Å². The van der Waals surface area contributed by atoms with E-state index in [-0.39, 0.29) is 23.5 Å². The van der Waals surface area contributed by atoms with Crippen LogP contribution in [0.2, 0.25) is 0 Å². The molecule has 35 heavy (non-hydrogen) atoms. The van der Waals surface area contributed by atoms with Crippen LogP contribution < -0.4 is 16.0 Å². The molecule has 0 saturated carbocycles. The maximum absolute atomic E-state index is 13.5. The molecule has 0 amide bonds. The largest absolute Gasteiger partial charge is 0.369 e. The Hall–Kier alpha value is -3.68. The van der Waals surface area contributed by atoms with Crippen LogP contribution in [-0.2, 0) is 6.54 Å². The van der Waals surface area contributed by atoms with E-state index < -0.39 is 0 Å². The summed E-state index contributed by atoms with van der Waals surface area (Å²) in [6, 6.07) is 22.9. The molecule has 0 atom stereocenters. The normalized spacial score (nSPS) is 14.5. The molecule has 178 valence electrons. The highest BCUT2D eigenvalue weighted by molar-refractivity contribution is 5.85. The van der Waals surface area contributed by atoms with Crippen LogP contribution in [0, 0.1) is 0 Å². The van der Waals surface area contributed by atoms with Crippen molar-refractivity contribution in [3.63, 3.8) is 0 Å². The number of hydrogen-bond donors (Lipinski definition) is 0. The number of para-hydroxylation sites is 2. The van der Waals surface area contributed by atoms with Gasteiger partial charge in [-0.25, -0.2) is 9.38 Å². The zero-order valence-electron chi connectivity index (χ0n) is 19.4. The van der Waals surface area contributed by atoms with Gasteiger partial charge in [-0.2, -0.15) is 0 Å². The third kappa shape index (κ3) is 3.96. The number of rotatable bonds is 3. The molecule has 5 aromatic rings. The molecule has 1 aliphatic rings. The molecule has 3 heterocycles. The standard InChI is InChI=1S/C27H25N5O2.ClH/c1-29-14-16-30(17-15-29)20-12-10-19(11-13-20)18-31-25(33)22-7-3-5-9-24(22)32-26(34)21-6-2-4-8-23(21)28-27(31)32;/h2-13H,14-18H2,1H3;1H. The predicted molar refractivity (Wildman–Crippen MR) is 143 cm³/mol. The third-order valence-corrected chi connectivity index (χ3v) is 6.77. The first-order valence-electron chi connectivity index (χ1n) is 11.6. The highest BCUT2D eigenvalue weighted by Gasteiger charge is 2.17. The van der Waals surface area contributed by atoms with E-state index in [9.17, 15) is 9.59 Å². The topological polar surface area (TPSA) is 62.9 Å². The lowest BCUT2D eigenvalue weighted by Gasteiger charge is -2.34. The summed E-state index contributed by atoms with van der Waals surface area (Å²) in [5.74, 6) is 0.357. The van der Waals surface area contributed by atoms with Crippen molar-refractivity contribution in [1.29, 1.82) is 0 Å². The molecule has 0 bridgehead atoms. The maximum Gasteiger partial charge on any atom is 0.267 e. The molecule has 2 aromatic heterocycles. The Labute approximate surface area is 208 Å². The molecule has 0 aliphatic carbocycles. The minimum atomic E-state index is -0.170. The lowest BCUT2D eigenvalue weighted by molar-refractivity contribution is 0.313. The van der Waals surface area contributed by atoms with Gasteiger partial charge in [0.1, 0.15) is 0 Å². The highest BCUT2D eigenvalue weighted by Crippen LogP contribution is 2.19. The smallest absolute Gasteiger partial charge is 0.267 e. The number of anilines is 1. The fourth-order valence-electron chi connectivity index (χ4n) is 4.81. The van der Waals surface area contributed by atoms with Crippen LogP contribution in [0.4, 0.5) is 5.69 Å². The Kier molecular flexibility index (Phi) is 6.05. The predicted octanol–water partition coefficient (Wildman–Crippen LogP) is 3.38. The van der Waals surface area contributed by atoms with Crippen molar-refractivity contribution in [2.24, 2.45) is 0 Å². The number of piperazine rings is 1. The van der Waals surface area contributed by atoms with Crippen LogP contribution in [0.25, 0.3) is 27.6 Å². The number of halogens is 1. The van der Waals surface area contributed by atoms with Gasteiger partial charge < -0.3 is 9.80 Å². The summed E-state index contributed by atoms with van der Waals surface area (Å²) in [6.07, 6.45) is 0. The molecule has 6 rings (SSSR count). The van der Waals surface area contributed by atoms with E-state index in [2.05, 4.69) is 41.1 Å². The lowest BCUT2D eigenvalue weighted by Crippen LogP contribution is -2.44. The Morgan fingerprint density at radius 1 is 0.771 bits per heavy atom.